The van der Waals surface area contributed by atoms with Crippen LogP contribution in [0.25, 0.3) is 4.85 Å². The summed E-state index contributed by atoms with van der Waals surface area (Å²) in [5, 5.41) is 11.1. The monoisotopic (exact) mass is 293 g/mol. The fourth-order valence-corrected chi connectivity index (χ4v) is 2.47. The molecule has 0 bridgehead atoms. The standard InChI is InChI=1S/C16H15N5O/c1-9(2)13-14(17-3)16(21-19-13)20-18-12-8-10-6-4-5-7-11(10)15(12)22/h4-7,9H,8H2,1-2H3,(H2,19,20,21). The van der Waals surface area contributed by atoms with Crippen molar-refractivity contribution in [3.8, 4) is 0 Å². The number of H-pyrrole nitrogens is 1. The lowest BCUT2D eigenvalue weighted by Gasteiger charge is -2.01. The molecule has 1 aliphatic carbocycles. The zero-order valence-electron chi connectivity index (χ0n) is 12.3. The molecule has 0 fully saturated rings. The average molecular weight is 293 g/mol. The van der Waals surface area contributed by atoms with E-state index in [1.807, 2.05) is 32.0 Å². The maximum atomic E-state index is 12.2. The van der Waals surface area contributed by atoms with E-state index in [9.17, 15) is 4.79 Å². The number of nitrogens with one attached hydrogen (secondary N) is 2. The Morgan fingerprint density at radius 2 is 2.18 bits per heavy atom. The number of nitrogens with zero attached hydrogens (tertiary/aromatic N) is 3. The van der Waals surface area contributed by atoms with Crippen molar-refractivity contribution < 1.29 is 4.79 Å². The van der Waals surface area contributed by atoms with Gasteiger partial charge in [-0.2, -0.15) is 10.2 Å². The molecular formula is C16H15N5O. The van der Waals surface area contributed by atoms with Crippen molar-refractivity contribution in [1.82, 2.24) is 10.2 Å². The van der Waals surface area contributed by atoms with Crippen LogP contribution in [0.2, 0.25) is 0 Å². The number of anilines is 1. The van der Waals surface area contributed by atoms with Gasteiger partial charge in [0.05, 0.1) is 6.57 Å². The number of carbonyl (C=O) groups excluding carboxylic acids is 1. The molecule has 110 valence electrons. The minimum absolute atomic E-state index is 0.0768. The van der Waals surface area contributed by atoms with E-state index >= 15 is 0 Å². The van der Waals surface area contributed by atoms with Crippen molar-refractivity contribution in [2.75, 3.05) is 5.43 Å². The predicted molar refractivity (Wildman–Crippen MR) is 84.5 cm³/mol. The topological polar surface area (TPSA) is 74.5 Å². The van der Waals surface area contributed by atoms with E-state index in [-0.39, 0.29) is 11.7 Å². The van der Waals surface area contributed by atoms with E-state index in [4.69, 9.17) is 6.57 Å². The SMILES string of the molecule is [C-]#[N+]c1c(NN=C2Cc3ccccc3C2=O)n[nH]c1C(C)C. The number of aromatic nitrogens is 2. The summed E-state index contributed by atoms with van der Waals surface area (Å²) < 4.78 is 0. The highest BCUT2D eigenvalue weighted by atomic mass is 16.1. The second-order valence-electron chi connectivity index (χ2n) is 5.43. The molecule has 0 spiro atoms. The number of Topliss-reactive ketones (excluding diaryl/α,β-unsaturated/α-hetero) is 1. The largest absolute Gasteiger partial charge is 0.292 e. The van der Waals surface area contributed by atoms with Crippen LogP contribution in [-0.2, 0) is 6.42 Å². The number of hydrogen-bond acceptors (Lipinski definition) is 4. The number of hydrazone groups is 1. The van der Waals surface area contributed by atoms with Crippen LogP contribution in [-0.4, -0.2) is 21.7 Å². The minimum atomic E-state index is -0.0768. The van der Waals surface area contributed by atoms with Gasteiger partial charge >= 0.3 is 0 Å². The van der Waals surface area contributed by atoms with Crippen molar-refractivity contribution >= 4 is 23.0 Å². The Morgan fingerprint density at radius 1 is 1.41 bits per heavy atom. The number of fused-ring (bicyclic) bond motifs is 1. The minimum Gasteiger partial charge on any atom is -0.292 e. The Balaban J connectivity index is 1.85. The molecule has 1 aromatic carbocycles. The molecular weight excluding hydrogens is 278 g/mol. The fourth-order valence-electron chi connectivity index (χ4n) is 2.47. The van der Waals surface area contributed by atoms with Crippen LogP contribution in [0.1, 0.15) is 41.4 Å². The Bertz CT molecular complexity index is 810. The molecule has 2 N–H and O–H groups in total. The quantitative estimate of drug-likeness (QED) is 0.673. The van der Waals surface area contributed by atoms with Gasteiger partial charge in [0.15, 0.2) is 5.82 Å². The highest BCUT2D eigenvalue weighted by Gasteiger charge is 2.26. The third kappa shape index (κ3) is 2.27. The summed E-state index contributed by atoms with van der Waals surface area (Å²) in [6, 6.07) is 7.47. The molecule has 1 heterocycles. The molecule has 0 unspecified atom stereocenters. The van der Waals surface area contributed by atoms with E-state index in [2.05, 4.69) is 25.6 Å². The van der Waals surface area contributed by atoms with Crippen LogP contribution < -0.4 is 5.43 Å². The molecule has 0 radical (unpaired) electrons. The van der Waals surface area contributed by atoms with Crippen LogP contribution in [0.4, 0.5) is 11.5 Å². The molecule has 3 rings (SSSR count). The maximum absolute atomic E-state index is 12.2. The summed E-state index contributed by atoms with van der Waals surface area (Å²) in [4.78, 5) is 15.7. The van der Waals surface area contributed by atoms with Crippen LogP contribution in [0.3, 0.4) is 0 Å². The fraction of sp³-hybridized carbons (Fsp3) is 0.250. The number of carbonyl (C=O) groups is 1. The lowest BCUT2D eigenvalue weighted by Crippen LogP contribution is -2.10. The molecule has 0 amide bonds. The number of ketones is 1. The summed E-state index contributed by atoms with van der Waals surface area (Å²) in [7, 11) is 0. The zero-order valence-corrected chi connectivity index (χ0v) is 12.3. The summed E-state index contributed by atoms with van der Waals surface area (Å²) in [5.41, 5.74) is 6.04. The first-order chi connectivity index (χ1) is 10.6. The molecule has 0 saturated heterocycles. The number of rotatable bonds is 3. The molecule has 0 aliphatic heterocycles. The third-order valence-corrected chi connectivity index (χ3v) is 3.64. The lowest BCUT2D eigenvalue weighted by molar-refractivity contribution is 0.106. The van der Waals surface area contributed by atoms with Gasteiger partial charge in [0.1, 0.15) is 5.71 Å². The van der Waals surface area contributed by atoms with Crippen molar-refractivity contribution in [3.63, 3.8) is 0 Å². The van der Waals surface area contributed by atoms with Gasteiger partial charge in [-0.05, 0) is 11.5 Å². The van der Waals surface area contributed by atoms with Gasteiger partial charge in [-0.1, -0.05) is 38.1 Å². The summed E-state index contributed by atoms with van der Waals surface area (Å²) in [6.07, 6.45) is 0.497. The van der Waals surface area contributed by atoms with Crippen LogP contribution in [0, 0.1) is 6.57 Å². The van der Waals surface area contributed by atoms with Crippen LogP contribution >= 0.6 is 0 Å². The van der Waals surface area contributed by atoms with Gasteiger partial charge in [0, 0.05) is 17.7 Å². The predicted octanol–water partition coefficient (Wildman–Crippen LogP) is 3.29. The van der Waals surface area contributed by atoms with Gasteiger partial charge in [-0.25, -0.2) is 4.85 Å². The second-order valence-corrected chi connectivity index (χ2v) is 5.43. The van der Waals surface area contributed by atoms with Gasteiger partial charge in [0.25, 0.3) is 5.69 Å². The van der Waals surface area contributed by atoms with E-state index in [0.29, 0.717) is 29.2 Å². The summed E-state index contributed by atoms with van der Waals surface area (Å²) in [5.74, 6) is 0.444. The third-order valence-electron chi connectivity index (χ3n) is 3.64. The summed E-state index contributed by atoms with van der Waals surface area (Å²) in [6.45, 7) is 11.2. The van der Waals surface area contributed by atoms with Gasteiger partial charge in [-0.15, -0.1) is 0 Å². The highest BCUT2D eigenvalue weighted by Crippen LogP contribution is 2.32. The van der Waals surface area contributed by atoms with E-state index in [1.165, 1.54) is 0 Å². The number of aromatic amines is 1. The van der Waals surface area contributed by atoms with E-state index in [0.717, 1.165) is 11.3 Å². The molecule has 6 heteroatoms. The van der Waals surface area contributed by atoms with E-state index < -0.39 is 0 Å². The Hall–Kier alpha value is -2.94. The van der Waals surface area contributed by atoms with Crippen LogP contribution in [0.5, 0.6) is 0 Å². The van der Waals surface area contributed by atoms with Crippen LogP contribution in [0.15, 0.2) is 29.4 Å². The first kappa shape index (κ1) is 14.0. The normalized spacial score (nSPS) is 15.2. The molecule has 2 aromatic rings. The first-order valence-electron chi connectivity index (χ1n) is 7.02. The van der Waals surface area contributed by atoms with Crippen molar-refractivity contribution in [1.29, 1.82) is 0 Å². The van der Waals surface area contributed by atoms with Crippen molar-refractivity contribution in [2.24, 2.45) is 5.10 Å². The molecule has 0 atom stereocenters. The smallest absolute Gasteiger partial charge is 0.252 e. The average Bonchev–Trinajstić information content (AvgIpc) is 3.07. The molecule has 0 saturated carbocycles. The second kappa shape index (κ2) is 5.45. The number of hydrogen-bond donors (Lipinski definition) is 2. The van der Waals surface area contributed by atoms with Crippen molar-refractivity contribution in [3.05, 3.63) is 52.5 Å². The Labute approximate surface area is 128 Å². The molecule has 1 aromatic heterocycles. The van der Waals surface area contributed by atoms with Gasteiger partial charge in [0.2, 0.25) is 5.78 Å². The van der Waals surface area contributed by atoms with Crippen molar-refractivity contribution in [2.45, 2.75) is 26.2 Å². The van der Waals surface area contributed by atoms with E-state index in [1.54, 1.807) is 6.07 Å². The van der Waals surface area contributed by atoms with Gasteiger partial charge < -0.3 is 0 Å². The molecule has 22 heavy (non-hydrogen) atoms. The first-order valence-corrected chi connectivity index (χ1v) is 7.02. The molecule has 6 nitrogen and oxygen atoms in total. The zero-order chi connectivity index (χ0) is 15.7. The lowest BCUT2D eigenvalue weighted by atomic mass is 10.1. The highest BCUT2D eigenvalue weighted by molar-refractivity contribution is 6.49. The van der Waals surface area contributed by atoms with Gasteiger partial charge in [-0.3, -0.25) is 15.3 Å². The summed E-state index contributed by atoms with van der Waals surface area (Å²) >= 11 is 0. The molecule has 1 aliphatic rings. The number of benzene rings is 1. The Morgan fingerprint density at radius 3 is 2.86 bits per heavy atom. The Kier molecular flexibility index (Phi) is 3.47. The maximum Gasteiger partial charge on any atom is 0.252 e.